The van der Waals surface area contributed by atoms with E-state index < -0.39 is 33.7 Å². The highest BCUT2D eigenvalue weighted by atomic mass is 35.5. The van der Waals surface area contributed by atoms with E-state index in [0.29, 0.717) is 23.6 Å². The molecule has 2 aliphatic carbocycles. The molecule has 0 spiro atoms. The van der Waals surface area contributed by atoms with Crippen molar-refractivity contribution in [3.63, 3.8) is 0 Å². The molecule has 1 aromatic carbocycles. The number of para-hydroxylation sites is 1. The Hall–Kier alpha value is -1.68. The predicted octanol–water partition coefficient (Wildman–Crippen LogP) is 3.24. The van der Waals surface area contributed by atoms with Crippen molar-refractivity contribution in [1.82, 2.24) is 0 Å². The van der Waals surface area contributed by atoms with Gasteiger partial charge in [0, 0.05) is 5.41 Å². The maximum absolute atomic E-state index is 12.9. The molecule has 0 aliphatic heterocycles. The molecule has 0 radical (unpaired) electrons. The molecule has 2 saturated carbocycles. The van der Waals surface area contributed by atoms with Crippen LogP contribution in [0.4, 0.5) is 5.69 Å². The van der Waals surface area contributed by atoms with Gasteiger partial charge in [-0.15, -0.1) is 0 Å². The molecule has 22 heavy (non-hydrogen) atoms. The fourth-order valence-corrected chi connectivity index (χ4v) is 4.25. The zero-order valence-corrected chi connectivity index (χ0v) is 13.6. The minimum absolute atomic E-state index is 0.400. The number of fused-ring (bicyclic) bond motifs is 2. The van der Waals surface area contributed by atoms with Crippen molar-refractivity contribution in [2.45, 2.75) is 33.6 Å². The van der Waals surface area contributed by atoms with Gasteiger partial charge in [-0.25, -0.2) is 0 Å². The summed E-state index contributed by atoms with van der Waals surface area (Å²) < 4.78 is 0. The molecule has 2 bridgehead atoms. The lowest BCUT2D eigenvalue weighted by Crippen LogP contribution is -2.47. The third-order valence-electron chi connectivity index (χ3n) is 6.05. The van der Waals surface area contributed by atoms with Crippen molar-refractivity contribution in [3.05, 3.63) is 29.3 Å². The molecule has 1 N–H and O–H groups in total. The Morgan fingerprint density at radius 2 is 1.73 bits per heavy atom. The van der Waals surface area contributed by atoms with E-state index in [1.165, 1.54) is 0 Å². The first-order chi connectivity index (χ1) is 10.2. The fourth-order valence-electron chi connectivity index (χ4n) is 4.06. The van der Waals surface area contributed by atoms with Crippen molar-refractivity contribution in [2.24, 2.45) is 16.2 Å². The Kier molecular flexibility index (Phi) is 3.06. The summed E-state index contributed by atoms with van der Waals surface area (Å²) >= 11 is 6.07. The lowest BCUT2D eigenvalue weighted by Gasteiger charge is -2.37. The topological polar surface area (TPSA) is 63.2 Å². The summed E-state index contributed by atoms with van der Waals surface area (Å²) in [5.74, 6) is -1.40. The molecule has 1 amide bonds. The number of rotatable bonds is 2. The van der Waals surface area contributed by atoms with Crippen LogP contribution in [-0.2, 0) is 14.4 Å². The number of hydrogen-bond donors (Lipinski definition) is 1. The summed E-state index contributed by atoms with van der Waals surface area (Å²) in [4.78, 5) is 37.9. The van der Waals surface area contributed by atoms with E-state index in [9.17, 15) is 14.4 Å². The molecule has 2 fully saturated rings. The summed E-state index contributed by atoms with van der Waals surface area (Å²) in [6, 6.07) is 6.86. The van der Waals surface area contributed by atoms with Gasteiger partial charge in [-0.3, -0.25) is 14.4 Å². The van der Waals surface area contributed by atoms with Crippen LogP contribution < -0.4 is 5.32 Å². The van der Waals surface area contributed by atoms with Gasteiger partial charge in [-0.2, -0.15) is 0 Å². The molecule has 0 heterocycles. The zero-order valence-electron chi connectivity index (χ0n) is 12.8. The highest BCUT2D eigenvalue weighted by molar-refractivity contribution is 6.49. The van der Waals surface area contributed by atoms with Gasteiger partial charge in [0.15, 0.2) is 0 Å². The van der Waals surface area contributed by atoms with Gasteiger partial charge in [-0.05, 0) is 30.4 Å². The molecule has 4 nitrogen and oxygen atoms in total. The summed E-state index contributed by atoms with van der Waals surface area (Å²) in [6.45, 7) is 5.48. The third kappa shape index (κ3) is 1.51. The van der Waals surface area contributed by atoms with Crippen LogP contribution in [0.3, 0.4) is 0 Å². The van der Waals surface area contributed by atoms with Crippen molar-refractivity contribution in [1.29, 1.82) is 0 Å². The second kappa shape index (κ2) is 4.42. The third-order valence-corrected chi connectivity index (χ3v) is 6.38. The van der Waals surface area contributed by atoms with Gasteiger partial charge < -0.3 is 5.32 Å². The number of anilines is 1. The average Bonchev–Trinajstić information content (AvgIpc) is 2.74. The van der Waals surface area contributed by atoms with Gasteiger partial charge >= 0.3 is 0 Å². The van der Waals surface area contributed by atoms with E-state index >= 15 is 0 Å². The number of hydrogen-bond acceptors (Lipinski definition) is 3. The van der Waals surface area contributed by atoms with Crippen LogP contribution in [0.5, 0.6) is 0 Å². The molecule has 0 aromatic heterocycles. The van der Waals surface area contributed by atoms with Crippen LogP contribution in [0.25, 0.3) is 0 Å². The largest absolute Gasteiger partial charge is 0.324 e. The van der Waals surface area contributed by atoms with Gasteiger partial charge in [-0.1, -0.05) is 44.5 Å². The molecular weight excluding hydrogens is 302 g/mol. The second-order valence-electron chi connectivity index (χ2n) is 6.95. The Labute approximate surface area is 134 Å². The maximum Gasteiger partial charge on any atom is 0.239 e. The van der Waals surface area contributed by atoms with Crippen LogP contribution in [-0.4, -0.2) is 17.5 Å². The first-order valence-electron chi connectivity index (χ1n) is 7.34. The van der Waals surface area contributed by atoms with Crippen LogP contribution >= 0.6 is 11.6 Å². The first kappa shape index (κ1) is 15.2. The molecule has 2 aliphatic rings. The van der Waals surface area contributed by atoms with Gasteiger partial charge in [0.25, 0.3) is 0 Å². The maximum atomic E-state index is 12.9. The van der Waals surface area contributed by atoms with Crippen molar-refractivity contribution >= 4 is 34.8 Å². The SMILES string of the molecule is CC1(C)[C@@]2(C(=O)Nc3ccccc3Cl)CC[C@]1(C)C(=O)C2=O. The number of Topliss-reactive ketones (excluding diaryl/α,β-unsaturated/α-hetero) is 2. The van der Waals surface area contributed by atoms with E-state index in [4.69, 9.17) is 11.6 Å². The molecule has 0 saturated heterocycles. The van der Waals surface area contributed by atoms with Crippen molar-refractivity contribution < 1.29 is 14.4 Å². The van der Waals surface area contributed by atoms with Crippen LogP contribution in [0.1, 0.15) is 33.6 Å². The first-order valence-corrected chi connectivity index (χ1v) is 7.71. The van der Waals surface area contributed by atoms with E-state index in [2.05, 4.69) is 5.32 Å². The molecule has 2 atom stereocenters. The van der Waals surface area contributed by atoms with E-state index in [1.807, 2.05) is 13.8 Å². The summed E-state index contributed by atoms with van der Waals surface area (Å²) in [7, 11) is 0. The Morgan fingerprint density at radius 3 is 2.27 bits per heavy atom. The quantitative estimate of drug-likeness (QED) is 0.672. The minimum Gasteiger partial charge on any atom is -0.324 e. The fraction of sp³-hybridized carbons (Fsp3) is 0.471. The number of nitrogens with one attached hydrogen (secondary N) is 1. The van der Waals surface area contributed by atoms with E-state index in [0.717, 1.165) is 0 Å². The van der Waals surface area contributed by atoms with Crippen molar-refractivity contribution in [3.8, 4) is 0 Å². The second-order valence-corrected chi connectivity index (χ2v) is 7.36. The average molecular weight is 320 g/mol. The molecule has 5 heteroatoms. The Morgan fingerprint density at radius 1 is 1.09 bits per heavy atom. The van der Waals surface area contributed by atoms with Crippen LogP contribution in [0.2, 0.25) is 5.02 Å². The smallest absolute Gasteiger partial charge is 0.239 e. The number of carbonyl (C=O) groups is 3. The zero-order chi connectivity index (χ0) is 16.3. The standard InChI is InChI=1S/C17H18ClNO3/c1-15(2)16(3)8-9-17(15,13(21)12(16)20)14(22)19-11-7-5-4-6-10(11)18/h4-7H,8-9H2,1-3H3,(H,19,22)/t16-,17+/m1/s1. The summed E-state index contributed by atoms with van der Waals surface area (Å²) in [6.07, 6.45) is 0.956. The number of amides is 1. The molecule has 3 rings (SSSR count). The molecule has 0 unspecified atom stereocenters. The number of halogens is 1. The Balaban J connectivity index is 2.04. The van der Waals surface area contributed by atoms with E-state index in [-0.39, 0.29) is 0 Å². The predicted molar refractivity (Wildman–Crippen MR) is 83.7 cm³/mol. The minimum atomic E-state index is -1.29. The highest BCUT2D eigenvalue weighted by Crippen LogP contribution is 2.69. The molecular formula is C17H18ClNO3. The number of carbonyl (C=O) groups excluding carboxylic acids is 3. The normalized spacial score (nSPS) is 32.4. The van der Waals surface area contributed by atoms with Gasteiger partial charge in [0.1, 0.15) is 5.41 Å². The van der Waals surface area contributed by atoms with Crippen LogP contribution in [0, 0.1) is 16.2 Å². The summed E-state index contributed by atoms with van der Waals surface area (Å²) in [5, 5.41) is 3.16. The number of benzene rings is 1. The van der Waals surface area contributed by atoms with Gasteiger partial charge in [0.2, 0.25) is 17.5 Å². The number of ketones is 2. The van der Waals surface area contributed by atoms with Gasteiger partial charge in [0.05, 0.1) is 10.7 Å². The van der Waals surface area contributed by atoms with E-state index in [1.54, 1.807) is 31.2 Å². The molecule has 1 aromatic rings. The highest BCUT2D eigenvalue weighted by Gasteiger charge is 2.77. The lowest BCUT2D eigenvalue weighted by atomic mass is 9.64. The summed E-state index contributed by atoms with van der Waals surface area (Å²) in [5.41, 5.74) is -2.31. The lowest BCUT2D eigenvalue weighted by molar-refractivity contribution is -0.147. The van der Waals surface area contributed by atoms with Crippen molar-refractivity contribution in [2.75, 3.05) is 5.32 Å². The monoisotopic (exact) mass is 319 g/mol. The molecule has 116 valence electrons. The van der Waals surface area contributed by atoms with Crippen LogP contribution in [0.15, 0.2) is 24.3 Å². The Bertz CT molecular complexity index is 712.